The number of benzene rings is 1. The lowest BCUT2D eigenvalue weighted by molar-refractivity contribution is -0.123. The minimum Gasteiger partial charge on any atom is -0.399 e. The molecule has 0 saturated heterocycles. The van der Waals surface area contributed by atoms with E-state index in [9.17, 15) is 4.79 Å². The molecule has 0 heterocycles. The summed E-state index contributed by atoms with van der Waals surface area (Å²) in [6.07, 6.45) is 0. The van der Waals surface area contributed by atoms with E-state index in [1.54, 1.807) is 0 Å². The lowest BCUT2D eigenvalue weighted by Crippen LogP contribution is -2.41. The summed E-state index contributed by atoms with van der Waals surface area (Å²) in [6, 6.07) is 8.20. The van der Waals surface area contributed by atoms with Crippen LogP contribution in [-0.4, -0.2) is 29.9 Å². The molecule has 1 atom stereocenters. The molecule has 0 aliphatic heterocycles. The normalized spacial score (nSPS) is 12.7. The molecule has 4 heteroatoms. The predicted octanol–water partition coefficient (Wildman–Crippen LogP) is 2.18. The van der Waals surface area contributed by atoms with Crippen molar-refractivity contribution < 1.29 is 4.79 Å². The summed E-state index contributed by atoms with van der Waals surface area (Å²) >= 11 is 0. The minimum absolute atomic E-state index is 0.0687. The summed E-state index contributed by atoms with van der Waals surface area (Å²) in [5.41, 5.74) is 7.63. The second kappa shape index (κ2) is 7.14. The van der Waals surface area contributed by atoms with Gasteiger partial charge in [0.05, 0.1) is 6.54 Å². The van der Waals surface area contributed by atoms with Crippen LogP contribution in [0.15, 0.2) is 24.3 Å². The Balaban J connectivity index is 2.68. The summed E-state index contributed by atoms with van der Waals surface area (Å²) in [5, 5.41) is 2.92. The molecule has 1 aromatic rings. The van der Waals surface area contributed by atoms with Crippen LogP contribution in [0.3, 0.4) is 0 Å². The molecule has 0 aliphatic carbocycles. The minimum atomic E-state index is 0.0687. The number of carbonyl (C=O) groups excluding carboxylic acids is 1. The molecule has 19 heavy (non-hydrogen) atoms. The van der Waals surface area contributed by atoms with Gasteiger partial charge in [0, 0.05) is 17.8 Å². The average molecular weight is 263 g/mol. The number of amides is 1. The maximum Gasteiger partial charge on any atom is 0.234 e. The van der Waals surface area contributed by atoms with Crippen molar-refractivity contribution >= 4 is 11.6 Å². The molecule has 0 fully saturated rings. The van der Waals surface area contributed by atoms with Crippen LogP contribution in [0, 0.1) is 0 Å². The van der Waals surface area contributed by atoms with Crippen molar-refractivity contribution in [2.24, 2.45) is 0 Å². The molecule has 0 aliphatic rings. The van der Waals surface area contributed by atoms with Gasteiger partial charge in [-0.3, -0.25) is 9.69 Å². The van der Waals surface area contributed by atoms with E-state index in [1.165, 1.54) is 5.56 Å². The second-order valence-electron chi connectivity index (χ2n) is 5.13. The Hall–Kier alpha value is -1.55. The van der Waals surface area contributed by atoms with Crippen molar-refractivity contribution in [1.29, 1.82) is 0 Å². The molecule has 106 valence electrons. The van der Waals surface area contributed by atoms with Gasteiger partial charge in [-0.15, -0.1) is 0 Å². The van der Waals surface area contributed by atoms with Crippen molar-refractivity contribution in [3.63, 3.8) is 0 Å². The third-order valence-corrected chi connectivity index (χ3v) is 3.17. The number of likely N-dealkylation sites (N-methyl/N-ethyl adjacent to an activating group) is 1. The average Bonchev–Trinajstić information content (AvgIpc) is 2.35. The van der Waals surface area contributed by atoms with E-state index in [2.05, 4.69) is 24.1 Å². The number of hydrogen-bond acceptors (Lipinski definition) is 3. The van der Waals surface area contributed by atoms with Crippen LogP contribution in [0.5, 0.6) is 0 Å². The Morgan fingerprint density at radius 3 is 2.32 bits per heavy atom. The molecule has 1 amide bonds. The van der Waals surface area contributed by atoms with Gasteiger partial charge in [0.2, 0.25) is 5.91 Å². The Morgan fingerprint density at radius 1 is 1.26 bits per heavy atom. The van der Waals surface area contributed by atoms with Crippen molar-refractivity contribution in [2.45, 2.75) is 39.8 Å². The first-order valence-corrected chi connectivity index (χ1v) is 6.82. The number of hydrogen-bond donors (Lipinski definition) is 2. The van der Waals surface area contributed by atoms with E-state index in [0.29, 0.717) is 6.54 Å². The van der Waals surface area contributed by atoms with E-state index in [4.69, 9.17) is 5.73 Å². The van der Waals surface area contributed by atoms with Crippen LogP contribution in [0.1, 0.15) is 39.3 Å². The van der Waals surface area contributed by atoms with Crippen LogP contribution in [0.4, 0.5) is 5.69 Å². The van der Waals surface area contributed by atoms with Crippen LogP contribution >= 0.6 is 0 Å². The SMILES string of the molecule is CCN(CC(=O)NC(C)C)C(C)c1ccc(N)cc1. The van der Waals surface area contributed by atoms with E-state index < -0.39 is 0 Å². The van der Waals surface area contributed by atoms with E-state index in [0.717, 1.165) is 12.2 Å². The van der Waals surface area contributed by atoms with Gasteiger partial charge in [0.1, 0.15) is 0 Å². The third-order valence-electron chi connectivity index (χ3n) is 3.17. The van der Waals surface area contributed by atoms with Crippen LogP contribution in [0.2, 0.25) is 0 Å². The summed E-state index contributed by atoms with van der Waals surface area (Å²) in [4.78, 5) is 14.0. The smallest absolute Gasteiger partial charge is 0.234 e. The molecule has 0 bridgehead atoms. The Morgan fingerprint density at radius 2 is 1.84 bits per heavy atom. The lowest BCUT2D eigenvalue weighted by Gasteiger charge is -2.28. The van der Waals surface area contributed by atoms with Crippen molar-refractivity contribution in [2.75, 3.05) is 18.8 Å². The highest BCUT2D eigenvalue weighted by molar-refractivity contribution is 5.78. The second-order valence-corrected chi connectivity index (χ2v) is 5.13. The number of carbonyl (C=O) groups is 1. The Bertz CT molecular complexity index is 400. The Kier molecular flexibility index (Phi) is 5.83. The number of anilines is 1. The first kappa shape index (κ1) is 15.5. The van der Waals surface area contributed by atoms with Gasteiger partial charge in [-0.25, -0.2) is 0 Å². The van der Waals surface area contributed by atoms with Gasteiger partial charge in [-0.05, 0) is 45.0 Å². The largest absolute Gasteiger partial charge is 0.399 e. The van der Waals surface area contributed by atoms with Crippen LogP contribution < -0.4 is 11.1 Å². The van der Waals surface area contributed by atoms with Crippen LogP contribution in [-0.2, 0) is 4.79 Å². The number of nitrogens with zero attached hydrogens (tertiary/aromatic N) is 1. The predicted molar refractivity (Wildman–Crippen MR) is 79.8 cm³/mol. The fraction of sp³-hybridized carbons (Fsp3) is 0.533. The zero-order valence-electron chi connectivity index (χ0n) is 12.3. The zero-order chi connectivity index (χ0) is 14.4. The molecule has 1 aromatic carbocycles. The van der Waals surface area contributed by atoms with Gasteiger partial charge < -0.3 is 11.1 Å². The standard InChI is InChI=1S/C15H25N3O/c1-5-18(10-15(19)17-11(2)3)12(4)13-6-8-14(16)9-7-13/h6-9,11-12H,5,10,16H2,1-4H3,(H,17,19). The summed E-state index contributed by atoms with van der Waals surface area (Å²) in [5.74, 6) is 0.0687. The number of nitrogens with two attached hydrogens (primary N) is 1. The fourth-order valence-corrected chi connectivity index (χ4v) is 2.06. The van der Waals surface area contributed by atoms with Gasteiger partial charge in [-0.2, -0.15) is 0 Å². The first-order valence-electron chi connectivity index (χ1n) is 6.82. The van der Waals surface area contributed by atoms with Crippen molar-refractivity contribution in [1.82, 2.24) is 10.2 Å². The lowest BCUT2D eigenvalue weighted by atomic mass is 10.1. The Labute approximate surface area is 116 Å². The molecular weight excluding hydrogens is 238 g/mol. The third kappa shape index (κ3) is 4.91. The summed E-state index contributed by atoms with van der Waals surface area (Å²) < 4.78 is 0. The summed E-state index contributed by atoms with van der Waals surface area (Å²) in [6.45, 7) is 9.36. The number of nitrogens with one attached hydrogen (secondary N) is 1. The molecule has 3 N–H and O–H groups in total. The van der Waals surface area contributed by atoms with Crippen molar-refractivity contribution in [3.05, 3.63) is 29.8 Å². The van der Waals surface area contributed by atoms with Gasteiger partial charge >= 0.3 is 0 Å². The van der Waals surface area contributed by atoms with E-state index >= 15 is 0 Å². The maximum atomic E-state index is 11.8. The maximum absolute atomic E-state index is 11.8. The molecule has 0 aromatic heterocycles. The number of rotatable bonds is 6. The van der Waals surface area contributed by atoms with E-state index in [1.807, 2.05) is 38.1 Å². The van der Waals surface area contributed by atoms with Crippen molar-refractivity contribution in [3.8, 4) is 0 Å². The molecule has 0 spiro atoms. The van der Waals surface area contributed by atoms with E-state index in [-0.39, 0.29) is 18.0 Å². The monoisotopic (exact) mass is 263 g/mol. The highest BCUT2D eigenvalue weighted by Gasteiger charge is 2.17. The molecule has 1 rings (SSSR count). The fourth-order valence-electron chi connectivity index (χ4n) is 2.06. The topological polar surface area (TPSA) is 58.4 Å². The molecule has 1 unspecified atom stereocenters. The molecule has 0 radical (unpaired) electrons. The van der Waals surface area contributed by atoms with Gasteiger partial charge in [0.25, 0.3) is 0 Å². The molecular formula is C15H25N3O. The molecule has 0 saturated carbocycles. The van der Waals surface area contributed by atoms with Gasteiger partial charge in [0.15, 0.2) is 0 Å². The quantitative estimate of drug-likeness (QED) is 0.773. The number of nitrogen functional groups attached to an aromatic ring is 1. The highest BCUT2D eigenvalue weighted by atomic mass is 16.2. The molecule has 4 nitrogen and oxygen atoms in total. The first-order chi connectivity index (χ1) is 8.93. The highest BCUT2D eigenvalue weighted by Crippen LogP contribution is 2.20. The van der Waals surface area contributed by atoms with Gasteiger partial charge in [-0.1, -0.05) is 19.1 Å². The van der Waals surface area contributed by atoms with Crippen LogP contribution in [0.25, 0.3) is 0 Å². The summed E-state index contributed by atoms with van der Waals surface area (Å²) in [7, 11) is 0. The zero-order valence-corrected chi connectivity index (χ0v) is 12.3.